The summed E-state index contributed by atoms with van der Waals surface area (Å²) in [6, 6.07) is 1.78. The first-order chi connectivity index (χ1) is 6.83. The van der Waals surface area contributed by atoms with Crippen molar-refractivity contribution in [2.75, 3.05) is 0 Å². The van der Waals surface area contributed by atoms with Crippen molar-refractivity contribution in [3.05, 3.63) is 0 Å². The van der Waals surface area contributed by atoms with Crippen LogP contribution in [0.25, 0.3) is 0 Å². The molecule has 3 saturated carbocycles. The molecule has 3 rings (SSSR count). The first-order valence-electron chi connectivity index (χ1n) is 6.59. The maximum atomic E-state index is 3.94. The van der Waals surface area contributed by atoms with Gasteiger partial charge < -0.3 is 5.32 Å². The first-order valence-corrected chi connectivity index (χ1v) is 6.59. The van der Waals surface area contributed by atoms with Crippen molar-refractivity contribution in [3.8, 4) is 0 Å². The normalized spacial score (nSPS) is 51.6. The van der Waals surface area contributed by atoms with E-state index in [4.69, 9.17) is 0 Å². The molecular formula is C13H23N. The van der Waals surface area contributed by atoms with Crippen LogP contribution in [-0.4, -0.2) is 12.1 Å². The van der Waals surface area contributed by atoms with Gasteiger partial charge in [-0.25, -0.2) is 0 Å². The maximum Gasteiger partial charge on any atom is 0.0101 e. The van der Waals surface area contributed by atoms with E-state index in [-0.39, 0.29) is 0 Å². The molecule has 3 aliphatic carbocycles. The average molecular weight is 193 g/mol. The lowest BCUT2D eigenvalue weighted by Gasteiger charge is -2.26. The first kappa shape index (κ1) is 9.21. The molecule has 80 valence electrons. The minimum atomic E-state index is 0.870. The summed E-state index contributed by atoms with van der Waals surface area (Å²) in [4.78, 5) is 0. The van der Waals surface area contributed by atoms with Crippen molar-refractivity contribution in [2.45, 2.75) is 64.0 Å². The van der Waals surface area contributed by atoms with Crippen LogP contribution in [0.5, 0.6) is 0 Å². The van der Waals surface area contributed by atoms with Gasteiger partial charge in [0.1, 0.15) is 0 Å². The molecule has 3 fully saturated rings. The van der Waals surface area contributed by atoms with Gasteiger partial charge in [-0.1, -0.05) is 19.8 Å². The quantitative estimate of drug-likeness (QED) is 0.711. The minimum absolute atomic E-state index is 0.870. The lowest BCUT2D eigenvalue weighted by atomic mass is 9.94. The van der Waals surface area contributed by atoms with E-state index in [9.17, 15) is 0 Å². The highest BCUT2D eigenvalue weighted by Crippen LogP contribution is 2.49. The fourth-order valence-corrected chi connectivity index (χ4v) is 3.78. The molecule has 0 amide bonds. The zero-order chi connectivity index (χ0) is 9.54. The summed E-state index contributed by atoms with van der Waals surface area (Å²) in [5, 5.41) is 3.94. The van der Waals surface area contributed by atoms with E-state index in [1.807, 2.05) is 0 Å². The van der Waals surface area contributed by atoms with Crippen LogP contribution in [0, 0.1) is 17.8 Å². The Morgan fingerprint density at radius 2 is 1.93 bits per heavy atom. The molecule has 0 aromatic rings. The second-order valence-electron chi connectivity index (χ2n) is 5.98. The van der Waals surface area contributed by atoms with Crippen molar-refractivity contribution in [1.29, 1.82) is 0 Å². The van der Waals surface area contributed by atoms with Gasteiger partial charge in [0, 0.05) is 12.1 Å². The number of rotatable bonds is 2. The monoisotopic (exact) mass is 193 g/mol. The van der Waals surface area contributed by atoms with Crippen molar-refractivity contribution in [3.63, 3.8) is 0 Å². The van der Waals surface area contributed by atoms with Crippen LogP contribution < -0.4 is 5.32 Å². The Morgan fingerprint density at radius 3 is 2.71 bits per heavy atom. The van der Waals surface area contributed by atoms with Crippen LogP contribution in [0.1, 0.15) is 51.9 Å². The standard InChI is InChI=1S/C13H23N/c1-9-5-6-11(7-9)14-13-4-2-3-10-8-12(10)13/h9-14H,2-8H2,1H3/t9?,10-,11?,12+,13?/m1/s1. The fourth-order valence-electron chi connectivity index (χ4n) is 3.78. The fraction of sp³-hybridized carbons (Fsp3) is 1.00. The Kier molecular flexibility index (Phi) is 2.31. The van der Waals surface area contributed by atoms with Crippen LogP contribution >= 0.6 is 0 Å². The summed E-state index contributed by atoms with van der Waals surface area (Å²) >= 11 is 0. The summed E-state index contributed by atoms with van der Waals surface area (Å²) in [5.74, 6) is 3.19. The molecule has 0 bridgehead atoms. The zero-order valence-electron chi connectivity index (χ0n) is 9.34. The molecule has 1 N–H and O–H groups in total. The molecule has 5 atom stereocenters. The summed E-state index contributed by atoms with van der Waals surface area (Å²) in [5.41, 5.74) is 0. The summed E-state index contributed by atoms with van der Waals surface area (Å²) < 4.78 is 0. The smallest absolute Gasteiger partial charge is 0.0101 e. The van der Waals surface area contributed by atoms with Gasteiger partial charge in [-0.15, -0.1) is 0 Å². The largest absolute Gasteiger partial charge is 0.311 e. The molecule has 3 aliphatic rings. The van der Waals surface area contributed by atoms with Crippen LogP contribution in [0.2, 0.25) is 0 Å². The SMILES string of the molecule is CC1CCC(NC2CCC[C@@H]3C[C@H]23)C1. The van der Waals surface area contributed by atoms with Crippen molar-refractivity contribution >= 4 is 0 Å². The third-order valence-electron chi connectivity index (χ3n) is 4.73. The van der Waals surface area contributed by atoms with Crippen LogP contribution in [0.15, 0.2) is 0 Å². The van der Waals surface area contributed by atoms with Crippen molar-refractivity contribution in [2.24, 2.45) is 17.8 Å². The topological polar surface area (TPSA) is 12.0 Å². The van der Waals surface area contributed by atoms with E-state index in [0.717, 1.165) is 29.8 Å². The Hall–Kier alpha value is -0.0400. The van der Waals surface area contributed by atoms with E-state index in [2.05, 4.69) is 12.2 Å². The van der Waals surface area contributed by atoms with Crippen LogP contribution in [0.3, 0.4) is 0 Å². The van der Waals surface area contributed by atoms with Crippen LogP contribution in [-0.2, 0) is 0 Å². The van der Waals surface area contributed by atoms with E-state index in [0.29, 0.717) is 0 Å². The van der Waals surface area contributed by atoms with E-state index >= 15 is 0 Å². The van der Waals surface area contributed by atoms with Gasteiger partial charge in [-0.05, 0) is 49.9 Å². The molecule has 0 aromatic heterocycles. The van der Waals surface area contributed by atoms with Gasteiger partial charge >= 0.3 is 0 Å². The predicted molar refractivity (Wildman–Crippen MR) is 59.2 cm³/mol. The third-order valence-corrected chi connectivity index (χ3v) is 4.73. The molecule has 0 heterocycles. The molecule has 0 radical (unpaired) electrons. The maximum absolute atomic E-state index is 3.94. The molecule has 14 heavy (non-hydrogen) atoms. The molecule has 0 saturated heterocycles. The molecule has 0 aliphatic heterocycles. The van der Waals surface area contributed by atoms with E-state index in [1.54, 1.807) is 6.42 Å². The van der Waals surface area contributed by atoms with Gasteiger partial charge in [-0.3, -0.25) is 0 Å². The van der Waals surface area contributed by atoms with Gasteiger partial charge in [-0.2, -0.15) is 0 Å². The van der Waals surface area contributed by atoms with Gasteiger partial charge in [0.05, 0.1) is 0 Å². The number of fused-ring (bicyclic) bond motifs is 1. The predicted octanol–water partition coefficient (Wildman–Crippen LogP) is 2.95. The highest BCUT2D eigenvalue weighted by Gasteiger charge is 2.45. The zero-order valence-corrected chi connectivity index (χ0v) is 9.34. The van der Waals surface area contributed by atoms with E-state index in [1.165, 1.54) is 38.5 Å². The number of nitrogens with one attached hydrogen (secondary N) is 1. The van der Waals surface area contributed by atoms with Gasteiger partial charge in [0.2, 0.25) is 0 Å². The third kappa shape index (κ3) is 1.71. The van der Waals surface area contributed by atoms with Crippen LogP contribution in [0.4, 0.5) is 0 Å². The summed E-state index contributed by atoms with van der Waals surface area (Å²) in [6.07, 6.45) is 10.4. The molecule has 1 nitrogen and oxygen atoms in total. The Labute approximate surface area is 87.7 Å². The minimum Gasteiger partial charge on any atom is -0.311 e. The average Bonchev–Trinajstić information content (AvgIpc) is 2.86. The second-order valence-corrected chi connectivity index (χ2v) is 5.98. The molecular weight excluding hydrogens is 170 g/mol. The molecule has 0 aromatic carbocycles. The number of hydrogen-bond donors (Lipinski definition) is 1. The lowest BCUT2D eigenvalue weighted by Crippen LogP contribution is -2.39. The summed E-state index contributed by atoms with van der Waals surface area (Å²) in [7, 11) is 0. The lowest BCUT2D eigenvalue weighted by molar-refractivity contribution is 0.317. The second kappa shape index (κ2) is 3.52. The van der Waals surface area contributed by atoms with E-state index < -0.39 is 0 Å². The summed E-state index contributed by atoms with van der Waals surface area (Å²) in [6.45, 7) is 2.41. The van der Waals surface area contributed by atoms with Gasteiger partial charge in [0.15, 0.2) is 0 Å². The van der Waals surface area contributed by atoms with Crippen molar-refractivity contribution < 1.29 is 0 Å². The molecule has 3 unspecified atom stereocenters. The Morgan fingerprint density at radius 1 is 1.00 bits per heavy atom. The Balaban J connectivity index is 1.52. The highest BCUT2D eigenvalue weighted by molar-refractivity contribution is 4.99. The molecule has 0 spiro atoms. The highest BCUT2D eigenvalue weighted by atomic mass is 15.0. The number of hydrogen-bond acceptors (Lipinski definition) is 1. The van der Waals surface area contributed by atoms with Crippen molar-refractivity contribution in [1.82, 2.24) is 5.32 Å². The molecule has 1 heteroatoms. The Bertz CT molecular complexity index is 213. The van der Waals surface area contributed by atoms with Gasteiger partial charge in [0.25, 0.3) is 0 Å².